The molecule has 0 aliphatic carbocycles. The number of nitrogens with two attached hydrogens (primary N) is 1. The molecule has 0 spiro atoms. The summed E-state index contributed by atoms with van der Waals surface area (Å²) in [5, 5.41) is 0. The van der Waals surface area contributed by atoms with Gasteiger partial charge in [0.1, 0.15) is 0 Å². The van der Waals surface area contributed by atoms with Gasteiger partial charge in [0.2, 0.25) is 0 Å². The Kier molecular flexibility index (Phi) is 3.98. The van der Waals surface area contributed by atoms with Crippen molar-refractivity contribution in [3.05, 3.63) is 0 Å². The summed E-state index contributed by atoms with van der Waals surface area (Å²) in [6.45, 7) is 6.45. The van der Waals surface area contributed by atoms with Crippen molar-refractivity contribution in [3.8, 4) is 0 Å². The fourth-order valence-corrected chi connectivity index (χ4v) is 1.36. The lowest BCUT2D eigenvalue weighted by Gasteiger charge is -2.17. The Bertz CT molecular complexity index is 53.5. The maximum Gasteiger partial charge on any atom is 0.0235 e. The molecule has 2 heteroatoms. The minimum Gasteiger partial charge on any atom is -0.327 e. The van der Waals surface area contributed by atoms with Gasteiger partial charge in [-0.3, -0.25) is 0 Å². The molecular weight excluding hydrogens is 213 g/mol. The van der Waals surface area contributed by atoms with E-state index in [-0.39, 0.29) is 0 Å². The van der Waals surface area contributed by atoms with Gasteiger partial charge in [-0.2, -0.15) is 0 Å². The van der Waals surface area contributed by atoms with E-state index < -0.39 is 0 Å². The van der Waals surface area contributed by atoms with E-state index in [0.29, 0.717) is 15.9 Å². The Morgan fingerprint density at radius 2 is 1.62 bits per heavy atom. The van der Waals surface area contributed by atoms with E-state index >= 15 is 0 Å². The van der Waals surface area contributed by atoms with E-state index in [1.54, 1.807) is 0 Å². The van der Waals surface area contributed by atoms with Crippen LogP contribution in [-0.4, -0.2) is 9.97 Å². The highest BCUT2D eigenvalue weighted by atomic mass is 127. The van der Waals surface area contributed by atoms with Gasteiger partial charge in [-0.1, -0.05) is 43.4 Å². The molecule has 1 nitrogen and oxygen atoms in total. The monoisotopic (exact) mass is 227 g/mol. The minimum absolute atomic E-state index is 0.357. The van der Waals surface area contributed by atoms with E-state index in [1.165, 1.54) is 0 Å². The molecule has 0 aromatic carbocycles. The summed E-state index contributed by atoms with van der Waals surface area (Å²) in [6, 6.07) is 0.357. The average Bonchev–Trinajstić information content (AvgIpc) is 1.64. The number of hydrogen-bond acceptors (Lipinski definition) is 1. The lowest BCUT2D eigenvalue weighted by Crippen LogP contribution is -2.33. The van der Waals surface area contributed by atoms with Crippen molar-refractivity contribution < 1.29 is 0 Å². The fraction of sp³-hybridized carbons (Fsp3) is 1.00. The highest BCUT2D eigenvalue weighted by Crippen LogP contribution is 2.10. The molecule has 0 heterocycles. The van der Waals surface area contributed by atoms with Crippen molar-refractivity contribution in [2.45, 2.75) is 30.7 Å². The van der Waals surface area contributed by atoms with Gasteiger partial charge in [-0.05, 0) is 5.92 Å². The molecule has 0 fully saturated rings. The number of alkyl halides is 1. The molecule has 0 aromatic rings. The number of rotatable bonds is 2. The van der Waals surface area contributed by atoms with Crippen LogP contribution in [0.4, 0.5) is 0 Å². The first kappa shape index (κ1) is 8.69. The molecule has 0 radical (unpaired) electrons. The Labute approximate surface area is 65.2 Å². The first-order chi connectivity index (χ1) is 3.55. The minimum atomic E-state index is 0.357. The van der Waals surface area contributed by atoms with Crippen LogP contribution in [0.15, 0.2) is 0 Å². The Morgan fingerprint density at radius 1 is 1.25 bits per heavy atom. The predicted molar refractivity (Wildman–Crippen MR) is 46.3 cm³/mol. The first-order valence-electron chi connectivity index (χ1n) is 2.95. The second kappa shape index (κ2) is 3.67. The third-order valence-corrected chi connectivity index (χ3v) is 2.13. The highest BCUT2D eigenvalue weighted by molar-refractivity contribution is 14.1. The van der Waals surface area contributed by atoms with Gasteiger partial charge < -0.3 is 5.73 Å². The molecule has 0 aliphatic rings. The summed E-state index contributed by atoms with van der Waals surface area (Å²) in [6.07, 6.45) is 0. The van der Waals surface area contributed by atoms with Crippen molar-refractivity contribution in [3.63, 3.8) is 0 Å². The second-order valence-corrected chi connectivity index (χ2v) is 4.46. The van der Waals surface area contributed by atoms with Crippen LogP contribution in [0.3, 0.4) is 0 Å². The second-order valence-electron chi connectivity index (χ2n) is 2.50. The van der Waals surface area contributed by atoms with Crippen molar-refractivity contribution in [1.29, 1.82) is 0 Å². The van der Waals surface area contributed by atoms with Crippen LogP contribution in [-0.2, 0) is 0 Å². The van der Waals surface area contributed by atoms with Crippen molar-refractivity contribution in [2.24, 2.45) is 11.7 Å². The van der Waals surface area contributed by atoms with Gasteiger partial charge in [0, 0.05) is 9.97 Å². The van der Waals surface area contributed by atoms with Crippen LogP contribution < -0.4 is 5.73 Å². The van der Waals surface area contributed by atoms with Gasteiger partial charge in [0.25, 0.3) is 0 Å². The summed E-state index contributed by atoms with van der Waals surface area (Å²) in [7, 11) is 0. The van der Waals surface area contributed by atoms with E-state index in [4.69, 9.17) is 5.73 Å². The van der Waals surface area contributed by atoms with Gasteiger partial charge in [0.05, 0.1) is 0 Å². The van der Waals surface area contributed by atoms with Crippen LogP contribution in [0.5, 0.6) is 0 Å². The van der Waals surface area contributed by atoms with E-state index in [0.717, 1.165) is 0 Å². The normalized spacial score (nSPS) is 18.8. The third-order valence-electron chi connectivity index (χ3n) is 1.30. The van der Waals surface area contributed by atoms with Gasteiger partial charge in [-0.25, -0.2) is 0 Å². The molecule has 0 amide bonds. The van der Waals surface area contributed by atoms with Crippen LogP contribution in [0, 0.1) is 5.92 Å². The molecule has 0 saturated carbocycles. The standard InChI is InChI=1S/C6H14IN/c1-4(2)6(8)5(3)7/h4-6H,8H2,1-3H3/t5-,6?/m0/s1. The molecule has 0 aliphatic heterocycles. The third kappa shape index (κ3) is 2.87. The largest absolute Gasteiger partial charge is 0.327 e. The Balaban J connectivity index is 3.46. The molecule has 0 bridgehead atoms. The number of hydrogen-bond donors (Lipinski definition) is 1. The molecule has 0 rings (SSSR count). The summed E-state index contributed by atoms with van der Waals surface area (Å²) < 4.78 is 0.590. The maximum atomic E-state index is 5.75. The molecule has 50 valence electrons. The summed E-state index contributed by atoms with van der Waals surface area (Å²) in [5.74, 6) is 0.613. The Morgan fingerprint density at radius 3 is 1.62 bits per heavy atom. The molecule has 2 atom stereocenters. The molecule has 1 unspecified atom stereocenters. The summed E-state index contributed by atoms with van der Waals surface area (Å²) in [5.41, 5.74) is 5.75. The zero-order chi connectivity index (χ0) is 6.73. The number of halogens is 1. The molecule has 2 N–H and O–H groups in total. The highest BCUT2D eigenvalue weighted by Gasteiger charge is 2.11. The topological polar surface area (TPSA) is 26.0 Å². The van der Waals surface area contributed by atoms with Crippen LogP contribution >= 0.6 is 22.6 Å². The van der Waals surface area contributed by atoms with Gasteiger partial charge in [-0.15, -0.1) is 0 Å². The summed E-state index contributed by atoms with van der Waals surface area (Å²) >= 11 is 2.36. The summed E-state index contributed by atoms with van der Waals surface area (Å²) in [4.78, 5) is 0. The molecular formula is C6H14IN. The van der Waals surface area contributed by atoms with Gasteiger partial charge in [0.15, 0.2) is 0 Å². The molecule has 0 saturated heterocycles. The molecule has 8 heavy (non-hydrogen) atoms. The fourth-order valence-electron chi connectivity index (χ4n) is 0.530. The zero-order valence-corrected chi connectivity index (χ0v) is 7.84. The lowest BCUT2D eigenvalue weighted by atomic mass is 10.0. The van der Waals surface area contributed by atoms with Crippen molar-refractivity contribution in [1.82, 2.24) is 0 Å². The predicted octanol–water partition coefficient (Wildman–Crippen LogP) is 1.79. The lowest BCUT2D eigenvalue weighted by molar-refractivity contribution is 0.498. The Hall–Kier alpha value is 0.690. The maximum absolute atomic E-state index is 5.75. The van der Waals surface area contributed by atoms with Crippen LogP contribution in [0.2, 0.25) is 0 Å². The van der Waals surface area contributed by atoms with Crippen LogP contribution in [0.25, 0.3) is 0 Å². The molecule has 0 aromatic heterocycles. The quantitative estimate of drug-likeness (QED) is 0.564. The average molecular weight is 227 g/mol. The van der Waals surface area contributed by atoms with E-state index in [2.05, 4.69) is 43.4 Å². The van der Waals surface area contributed by atoms with E-state index in [1.807, 2.05) is 0 Å². The first-order valence-corrected chi connectivity index (χ1v) is 4.20. The van der Waals surface area contributed by atoms with E-state index in [9.17, 15) is 0 Å². The van der Waals surface area contributed by atoms with Gasteiger partial charge >= 0.3 is 0 Å². The zero-order valence-electron chi connectivity index (χ0n) is 5.69. The SMILES string of the molecule is CC(C)C(N)[C@H](C)I. The smallest absolute Gasteiger partial charge is 0.0235 e. The van der Waals surface area contributed by atoms with Crippen molar-refractivity contribution >= 4 is 22.6 Å². The van der Waals surface area contributed by atoms with Crippen molar-refractivity contribution in [2.75, 3.05) is 0 Å². The van der Waals surface area contributed by atoms with Crippen LogP contribution in [0.1, 0.15) is 20.8 Å².